The molecule has 0 atom stereocenters. The van der Waals surface area contributed by atoms with E-state index in [-0.39, 0.29) is 5.54 Å². The molecule has 0 unspecified atom stereocenters. The molecular formula is C12H27NO. The molecule has 0 fully saturated rings. The molecule has 0 saturated carbocycles. The highest BCUT2D eigenvalue weighted by atomic mass is 16.3. The predicted molar refractivity (Wildman–Crippen MR) is 62.6 cm³/mol. The van der Waals surface area contributed by atoms with E-state index in [9.17, 15) is 5.11 Å². The highest BCUT2D eigenvalue weighted by Gasteiger charge is 2.31. The topological polar surface area (TPSA) is 23.5 Å². The molecule has 0 aliphatic heterocycles. The largest absolute Gasteiger partial charge is 0.394 e. The minimum Gasteiger partial charge on any atom is -0.394 e. The van der Waals surface area contributed by atoms with Gasteiger partial charge in [0, 0.05) is 5.54 Å². The Morgan fingerprint density at radius 3 is 1.57 bits per heavy atom. The van der Waals surface area contributed by atoms with Crippen LogP contribution in [0.5, 0.6) is 0 Å². The van der Waals surface area contributed by atoms with Gasteiger partial charge >= 0.3 is 0 Å². The third kappa shape index (κ3) is 3.25. The van der Waals surface area contributed by atoms with E-state index < -0.39 is 0 Å². The van der Waals surface area contributed by atoms with Gasteiger partial charge in [0.2, 0.25) is 0 Å². The Morgan fingerprint density at radius 1 is 0.929 bits per heavy atom. The number of nitrogens with zero attached hydrogens (tertiary/aromatic N) is 1. The lowest BCUT2D eigenvalue weighted by atomic mass is 9.91. The first kappa shape index (κ1) is 13.9. The van der Waals surface area contributed by atoms with Gasteiger partial charge in [-0.05, 0) is 38.8 Å². The molecule has 0 saturated heterocycles. The Balaban J connectivity index is 4.52. The molecule has 0 aliphatic rings. The number of aliphatic hydroxyl groups is 1. The fourth-order valence-electron chi connectivity index (χ4n) is 2.15. The van der Waals surface area contributed by atoms with Crippen LogP contribution >= 0.6 is 0 Å². The van der Waals surface area contributed by atoms with Gasteiger partial charge in [-0.1, -0.05) is 27.7 Å². The van der Waals surface area contributed by atoms with E-state index in [1.807, 2.05) is 0 Å². The first-order chi connectivity index (χ1) is 6.70. The van der Waals surface area contributed by atoms with E-state index in [0.29, 0.717) is 6.61 Å². The monoisotopic (exact) mass is 201 g/mol. The SMILES string of the molecule is CCCN(CCC)C(CC)(CC)CO. The maximum Gasteiger partial charge on any atom is 0.0615 e. The van der Waals surface area contributed by atoms with Crippen molar-refractivity contribution in [2.45, 2.75) is 58.9 Å². The van der Waals surface area contributed by atoms with Crippen molar-refractivity contribution in [3.63, 3.8) is 0 Å². The molecule has 1 N–H and O–H groups in total. The van der Waals surface area contributed by atoms with Gasteiger partial charge in [0.15, 0.2) is 0 Å². The smallest absolute Gasteiger partial charge is 0.0615 e. The van der Waals surface area contributed by atoms with Crippen LogP contribution < -0.4 is 0 Å². The van der Waals surface area contributed by atoms with Crippen molar-refractivity contribution in [2.24, 2.45) is 0 Å². The maximum absolute atomic E-state index is 9.56. The molecule has 14 heavy (non-hydrogen) atoms. The number of aliphatic hydroxyl groups excluding tert-OH is 1. The van der Waals surface area contributed by atoms with E-state index in [4.69, 9.17) is 0 Å². The quantitative estimate of drug-likeness (QED) is 0.652. The van der Waals surface area contributed by atoms with Crippen molar-refractivity contribution in [1.29, 1.82) is 0 Å². The normalized spacial score (nSPS) is 12.4. The molecule has 0 bridgehead atoms. The Morgan fingerprint density at radius 2 is 1.36 bits per heavy atom. The van der Waals surface area contributed by atoms with Crippen LogP contribution in [-0.2, 0) is 0 Å². The van der Waals surface area contributed by atoms with Crippen molar-refractivity contribution in [3.05, 3.63) is 0 Å². The minimum atomic E-state index is 0.0337. The fourth-order valence-corrected chi connectivity index (χ4v) is 2.15. The summed E-state index contributed by atoms with van der Waals surface area (Å²) in [4.78, 5) is 2.47. The molecule has 0 aromatic carbocycles. The van der Waals surface area contributed by atoms with Crippen LogP contribution in [-0.4, -0.2) is 35.2 Å². The third-order valence-corrected chi connectivity index (χ3v) is 3.27. The van der Waals surface area contributed by atoms with Crippen molar-refractivity contribution in [2.75, 3.05) is 19.7 Å². The van der Waals surface area contributed by atoms with Crippen molar-refractivity contribution in [3.8, 4) is 0 Å². The van der Waals surface area contributed by atoms with Gasteiger partial charge in [-0.2, -0.15) is 0 Å². The summed E-state index contributed by atoms with van der Waals surface area (Å²) >= 11 is 0. The number of rotatable bonds is 8. The molecule has 0 rings (SSSR count). The van der Waals surface area contributed by atoms with E-state index >= 15 is 0 Å². The van der Waals surface area contributed by atoms with Gasteiger partial charge in [-0.3, -0.25) is 4.90 Å². The van der Waals surface area contributed by atoms with Crippen molar-refractivity contribution in [1.82, 2.24) is 4.90 Å². The molecule has 86 valence electrons. The van der Waals surface area contributed by atoms with E-state index in [1.54, 1.807) is 0 Å². The van der Waals surface area contributed by atoms with Crippen LogP contribution in [0.1, 0.15) is 53.4 Å². The summed E-state index contributed by atoms with van der Waals surface area (Å²) in [5.41, 5.74) is 0.0337. The molecule has 0 spiro atoms. The Kier molecular flexibility index (Phi) is 7.20. The summed E-state index contributed by atoms with van der Waals surface area (Å²) in [7, 11) is 0. The second kappa shape index (κ2) is 7.24. The van der Waals surface area contributed by atoms with Crippen LogP contribution in [0.2, 0.25) is 0 Å². The zero-order valence-corrected chi connectivity index (χ0v) is 10.3. The zero-order chi connectivity index (χ0) is 11.0. The number of hydrogen-bond acceptors (Lipinski definition) is 2. The van der Waals surface area contributed by atoms with Crippen LogP contribution in [0.3, 0.4) is 0 Å². The summed E-state index contributed by atoms with van der Waals surface area (Å²) in [6.45, 7) is 11.3. The first-order valence-corrected chi connectivity index (χ1v) is 6.06. The van der Waals surface area contributed by atoms with Gasteiger partial charge in [0.05, 0.1) is 6.61 Å². The first-order valence-electron chi connectivity index (χ1n) is 6.06. The van der Waals surface area contributed by atoms with Gasteiger partial charge < -0.3 is 5.11 Å². The molecule has 2 nitrogen and oxygen atoms in total. The van der Waals surface area contributed by atoms with Gasteiger partial charge in [0.25, 0.3) is 0 Å². The number of hydrogen-bond donors (Lipinski definition) is 1. The van der Waals surface area contributed by atoms with E-state index in [1.165, 1.54) is 12.8 Å². The van der Waals surface area contributed by atoms with Gasteiger partial charge in [-0.25, -0.2) is 0 Å². The van der Waals surface area contributed by atoms with Crippen molar-refractivity contribution < 1.29 is 5.11 Å². The standard InChI is InChI=1S/C12H27NO/c1-5-9-13(10-6-2)12(7-3,8-4)11-14/h14H,5-11H2,1-4H3. The molecule has 0 amide bonds. The Labute approximate surface area is 89.3 Å². The second-order valence-corrected chi connectivity index (χ2v) is 4.08. The minimum absolute atomic E-state index is 0.0337. The molecule has 0 aromatic heterocycles. The van der Waals surface area contributed by atoms with Crippen LogP contribution in [0, 0.1) is 0 Å². The highest BCUT2D eigenvalue weighted by molar-refractivity contribution is 4.87. The summed E-state index contributed by atoms with van der Waals surface area (Å²) < 4.78 is 0. The summed E-state index contributed by atoms with van der Waals surface area (Å²) in [6, 6.07) is 0. The molecule has 0 radical (unpaired) electrons. The van der Waals surface area contributed by atoms with Gasteiger partial charge in [0.1, 0.15) is 0 Å². The van der Waals surface area contributed by atoms with Crippen LogP contribution in [0.4, 0.5) is 0 Å². The lowest BCUT2D eigenvalue weighted by molar-refractivity contribution is 0.0220. The Bertz CT molecular complexity index is 118. The fraction of sp³-hybridized carbons (Fsp3) is 1.00. The lowest BCUT2D eigenvalue weighted by Gasteiger charge is -2.42. The van der Waals surface area contributed by atoms with Crippen LogP contribution in [0.25, 0.3) is 0 Å². The molecule has 0 aromatic rings. The maximum atomic E-state index is 9.56. The second-order valence-electron chi connectivity index (χ2n) is 4.08. The summed E-state index contributed by atoms with van der Waals surface area (Å²) in [5.74, 6) is 0. The highest BCUT2D eigenvalue weighted by Crippen LogP contribution is 2.23. The summed E-state index contributed by atoms with van der Waals surface area (Å²) in [6.07, 6.45) is 4.42. The Hall–Kier alpha value is -0.0800. The molecule has 0 heterocycles. The zero-order valence-electron chi connectivity index (χ0n) is 10.3. The van der Waals surface area contributed by atoms with Gasteiger partial charge in [-0.15, -0.1) is 0 Å². The average Bonchev–Trinajstić information content (AvgIpc) is 2.22. The molecule has 0 aliphatic carbocycles. The van der Waals surface area contributed by atoms with Crippen molar-refractivity contribution >= 4 is 0 Å². The third-order valence-electron chi connectivity index (χ3n) is 3.27. The molecular weight excluding hydrogens is 174 g/mol. The predicted octanol–water partition coefficient (Wildman–Crippen LogP) is 2.66. The lowest BCUT2D eigenvalue weighted by Crippen LogP contribution is -2.51. The van der Waals surface area contributed by atoms with E-state index in [0.717, 1.165) is 25.9 Å². The average molecular weight is 201 g/mol. The summed E-state index contributed by atoms with van der Waals surface area (Å²) in [5, 5.41) is 9.56. The van der Waals surface area contributed by atoms with Crippen LogP contribution in [0.15, 0.2) is 0 Å². The molecule has 2 heteroatoms. The van der Waals surface area contributed by atoms with E-state index in [2.05, 4.69) is 32.6 Å².